The van der Waals surface area contributed by atoms with Crippen LogP contribution in [-0.2, 0) is 0 Å². The molecule has 1 unspecified atom stereocenters. The summed E-state index contributed by atoms with van der Waals surface area (Å²) in [5.41, 5.74) is 6.62. The number of nitrogens with one attached hydrogen (secondary N) is 1. The predicted octanol–water partition coefficient (Wildman–Crippen LogP) is 1.35. The second-order valence-corrected chi connectivity index (χ2v) is 4.43. The molecule has 1 aromatic heterocycles. The lowest BCUT2D eigenvalue weighted by Gasteiger charge is -2.19. The third kappa shape index (κ3) is 3.93. The van der Waals surface area contributed by atoms with E-state index < -0.39 is 0 Å². The second kappa shape index (κ2) is 6.06. The zero-order valence-electron chi connectivity index (χ0n) is 10.1. The van der Waals surface area contributed by atoms with Crippen molar-refractivity contribution in [3.05, 3.63) is 17.8 Å². The predicted molar refractivity (Wildman–Crippen MR) is 67.3 cm³/mol. The molecule has 1 aromatic rings. The van der Waals surface area contributed by atoms with Gasteiger partial charge in [-0.25, -0.2) is 4.98 Å². The van der Waals surface area contributed by atoms with Gasteiger partial charge >= 0.3 is 0 Å². The van der Waals surface area contributed by atoms with Crippen molar-refractivity contribution >= 4 is 11.5 Å². The molecule has 0 spiro atoms. The fraction of sp³-hybridized carbons (Fsp3) is 0.500. The summed E-state index contributed by atoms with van der Waals surface area (Å²) in [5, 5.41) is 21.0. The quantitative estimate of drug-likeness (QED) is 0.715. The molecule has 0 aliphatic carbocycles. The number of hydrogen-bond acceptors (Lipinski definition) is 5. The lowest BCUT2D eigenvalue weighted by Crippen LogP contribution is -2.26. The summed E-state index contributed by atoms with van der Waals surface area (Å²) in [5.74, 6) is 0.989. The van der Waals surface area contributed by atoms with Crippen LogP contribution >= 0.6 is 0 Å². The first kappa shape index (κ1) is 13.3. The molecule has 0 aliphatic rings. The summed E-state index contributed by atoms with van der Waals surface area (Å²) in [6, 6.07) is 3.47. The summed E-state index contributed by atoms with van der Waals surface area (Å²) >= 11 is 0. The van der Waals surface area contributed by atoms with E-state index in [1.165, 1.54) is 6.20 Å². The molecule has 4 N–H and O–H groups in total. The fourth-order valence-electron chi connectivity index (χ4n) is 1.61. The Labute approximate surface area is 101 Å². The van der Waals surface area contributed by atoms with Crippen LogP contribution in [0.1, 0.15) is 25.8 Å². The van der Waals surface area contributed by atoms with Crippen molar-refractivity contribution in [3.8, 4) is 6.07 Å². The maximum Gasteiger partial charge on any atom is 0.149 e. The Kier molecular flexibility index (Phi) is 4.73. The van der Waals surface area contributed by atoms with Gasteiger partial charge in [0, 0.05) is 6.20 Å². The van der Waals surface area contributed by atoms with Crippen LogP contribution in [0.2, 0.25) is 0 Å². The molecule has 0 radical (unpaired) electrons. The lowest BCUT2D eigenvalue weighted by molar-refractivity contribution is 0.259. The molecular weight excluding hydrogens is 216 g/mol. The minimum absolute atomic E-state index is 0.0271. The van der Waals surface area contributed by atoms with Crippen LogP contribution in [0.15, 0.2) is 12.3 Å². The minimum atomic E-state index is -0.0715. The number of nitrogens with two attached hydrogens (primary N) is 1. The van der Waals surface area contributed by atoms with Gasteiger partial charge in [-0.15, -0.1) is 0 Å². The van der Waals surface area contributed by atoms with Crippen LogP contribution in [0.25, 0.3) is 0 Å². The number of anilines is 2. The highest BCUT2D eigenvalue weighted by Gasteiger charge is 2.12. The third-order valence-electron chi connectivity index (χ3n) is 2.36. The Morgan fingerprint density at radius 2 is 2.29 bits per heavy atom. The summed E-state index contributed by atoms with van der Waals surface area (Å²) in [7, 11) is 0. The van der Waals surface area contributed by atoms with E-state index >= 15 is 0 Å². The number of aromatic nitrogens is 1. The van der Waals surface area contributed by atoms with Crippen LogP contribution in [0.5, 0.6) is 0 Å². The molecule has 0 fully saturated rings. The number of aliphatic hydroxyl groups excluding tert-OH is 1. The first-order chi connectivity index (χ1) is 8.06. The Morgan fingerprint density at radius 1 is 1.59 bits per heavy atom. The molecule has 1 atom stereocenters. The van der Waals surface area contributed by atoms with Gasteiger partial charge in [0.1, 0.15) is 11.9 Å². The minimum Gasteiger partial charge on any atom is -0.396 e. The normalized spacial score (nSPS) is 12.2. The number of aliphatic hydroxyl groups is 1. The van der Waals surface area contributed by atoms with Crippen LogP contribution in [-0.4, -0.2) is 22.7 Å². The summed E-state index contributed by atoms with van der Waals surface area (Å²) in [6.07, 6.45) is 2.29. The van der Waals surface area contributed by atoms with E-state index in [9.17, 15) is 5.11 Å². The average Bonchev–Trinajstić information content (AvgIpc) is 2.29. The zero-order valence-corrected chi connectivity index (χ0v) is 10.1. The number of nitrogen functional groups attached to an aromatic ring is 1. The maximum atomic E-state index is 9.24. The van der Waals surface area contributed by atoms with Gasteiger partial charge in [-0.3, -0.25) is 0 Å². The van der Waals surface area contributed by atoms with Gasteiger partial charge < -0.3 is 16.2 Å². The number of pyridine rings is 1. The first-order valence-corrected chi connectivity index (χ1v) is 5.59. The van der Waals surface area contributed by atoms with Gasteiger partial charge in [0.2, 0.25) is 0 Å². The van der Waals surface area contributed by atoms with Crippen molar-refractivity contribution in [3.63, 3.8) is 0 Å². The van der Waals surface area contributed by atoms with Crippen LogP contribution in [0.3, 0.4) is 0 Å². The fourth-order valence-corrected chi connectivity index (χ4v) is 1.61. The van der Waals surface area contributed by atoms with E-state index in [1.807, 2.05) is 6.07 Å². The van der Waals surface area contributed by atoms with E-state index in [1.54, 1.807) is 6.07 Å². The van der Waals surface area contributed by atoms with E-state index in [4.69, 9.17) is 11.0 Å². The number of nitrogens with zero attached hydrogens (tertiary/aromatic N) is 2. The van der Waals surface area contributed by atoms with Crippen LogP contribution < -0.4 is 11.1 Å². The highest BCUT2D eigenvalue weighted by molar-refractivity contribution is 5.63. The molecular formula is C12H18N4O. The smallest absolute Gasteiger partial charge is 0.149 e. The molecule has 0 saturated carbocycles. The van der Waals surface area contributed by atoms with Gasteiger partial charge in [0.15, 0.2) is 0 Å². The van der Waals surface area contributed by atoms with Gasteiger partial charge in [-0.1, -0.05) is 13.8 Å². The highest BCUT2D eigenvalue weighted by atomic mass is 16.3. The Balaban J connectivity index is 2.76. The van der Waals surface area contributed by atoms with Gasteiger partial charge in [0.05, 0.1) is 23.9 Å². The Hall–Kier alpha value is -1.80. The monoisotopic (exact) mass is 234 g/mol. The Bertz CT molecular complexity index is 411. The number of hydrogen-bond donors (Lipinski definition) is 3. The van der Waals surface area contributed by atoms with Gasteiger partial charge in [0.25, 0.3) is 0 Å². The summed E-state index contributed by atoms with van der Waals surface area (Å²) in [6.45, 7) is 4.19. The van der Waals surface area contributed by atoms with E-state index in [2.05, 4.69) is 24.1 Å². The lowest BCUT2D eigenvalue weighted by atomic mass is 10.0. The second-order valence-electron chi connectivity index (χ2n) is 4.43. The van der Waals surface area contributed by atoms with Crippen molar-refractivity contribution in [2.75, 3.05) is 17.7 Å². The van der Waals surface area contributed by atoms with Gasteiger partial charge in [-0.2, -0.15) is 5.26 Å². The van der Waals surface area contributed by atoms with Crippen molar-refractivity contribution in [2.24, 2.45) is 5.92 Å². The first-order valence-electron chi connectivity index (χ1n) is 5.59. The third-order valence-corrected chi connectivity index (χ3v) is 2.36. The molecule has 0 saturated heterocycles. The zero-order chi connectivity index (χ0) is 12.8. The molecule has 0 aliphatic heterocycles. The van der Waals surface area contributed by atoms with Crippen molar-refractivity contribution in [2.45, 2.75) is 26.3 Å². The maximum absolute atomic E-state index is 9.24. The highest BCUT2D eigenvalue weighted by Crippen LogP contribution is 2.18. The van der Waals surface area contributed by atoms with E-state index in [-0.39, 0.29) is 12.6 Å². The molecule has 5 heteroatoms. The van der Waals surface area contributed by atoms with Crippen molar-refractivity contribution in [1.82, 2.24) is 4.98 Å². The molecule has 0 bridgehead atoms. The largest absolute Gasteiger partial charge is 0.396 e. The molecule has 1 rings (SSSR count). The Morgan fingerprint density at radius 3 is 2.76 bits per heavy atom. The number of nitriles is 1. The summed E-state index contributed by atoms with van der Waals surface area (Å²) in [4.78, 5) is 4.07. The average molecular weight is 234 g/mol. The van der Waals surface area contributed by atoms with Crippen molar-refractivity contribution in [1.29, 1.82) is 5.26 Å². The molecule has 0 aromatic carbocycles. The van der Waals surface area contributed by atoms with Crippen molar-refractivity contribution < 1.29 is 5.11 Å². The molecule has 17 heavy (non-hydrogen) atoms. The molecule has 1 heterocycles. The van der Waals surface area contributed by atoms with Crippen LogP contribution in [0.4, 0.5) is 11.5 Å². The summed E-state index contributed by atoms with van der Waals surface area (Å²) < 4.78 is 0. The number of rotatable bonds is 5. The van der Waals surface area contributed by atoms with Gasteiger partial charge in [-0.05, 0) is 18.4 Å². The topological polar surface area (TPSA) is 95.0 Å². The van der Waals surface area contributed by atoms with E-state index in [0.29, 0.717) is 23.0 Å². The molecule has 92 valence electrons. The molecule has 0 amide bonds. The molecule has 5 nitrogen and oxygen atoms in total. The van der Waals surface area contributed by atoms with E-state index in [0.717, 1.165) is 6.42 Å². The SMILES string of the molecule is CC(C)CC(CO)Nc1ncc(C#N)cc1N. The van der Waals surface area contributed by atoms with Crippen LogP contribution in [0, 0.1) is 17.2 Å². The standard InChI is InChI=1S/C12H18N4O/c1-8(2)3-10(7-17)16-12-11(14)4-9(5-13)6-15-12/h4,6,8,10,17H,3,7,14H2,1-2H3,(H,15,16).